The average Bonchev–Trinajstić information content (AvgIpc) is 3.00. The topological polar surface area (TPSA) is 56.5 Å². The van der Waals surface area contributed by atoms with Gasteiger partial charge in [-0.1, -0.05) is 58.3 Å². The molecule has 4 heteroatoms. The second kappa shape index (κ2) is 11.9. The van der Waals surface area contributed by atoms with E-state index in [1.807, 2.05) is 0 Å². The molecule has 0 atom stereocenters. The van der Waals surface area contributed by atoms with Gasteiger partial charge in [0.25, 0.3) is 0 Å². The summed E-state index contributed by atoms with van der Waals surface area (Å²) in [5.74, 6) is 0.483. The van der Waals surface area contributed by atoms with Gasteiger partial charge in [-0.15, -0.1) is 0 Å². The van der Waals surface area contributed by atoms with E-state index in [1.165, 1.54) is 51.9 Å². The summed E-state index contributed by atoms with van der Waals surface area (Å²) in [4.78, 5) is 22.7. The van der Waals surface area contributed by atoms with Crippen molar-refractivity contribution in [2.45, 2.75) is 84.7 Å². The van der Waals surface area contributed by atoms with Gasteiger partial charge < -0.3 is 9.15 Å². The summed E-state index contributed by atoms with van der Waals surface area (Å²) in [6.45, 7) is 3.77. The van der Waals surface area contributed by atoms with Crippen molar-refractivity contribution in [3.63, 3.8) is 0 Å². The molecule has 1 rings (SSSR count). The molecule has 0 fully saturated rings. The molecular weight excluding hydrogens is 292 g/mol. The van der Waals surface area contributed by atoms with Crippen LogP contribution in [0.25, 0.3) is 0 Å². The average molecular weight is 322 g/mol. The number of carbonyl (C=O) groups is 2. The number of ether oxygens (including phenoxy) is 1. The lowest BCUT2D eigenvalue weighted by molar-refractivity contribution is -0.145. The Morgan fingerprint density at radius 2 is 1.57 bits per heavy atom. The summed E-state index contributed by atoms with van der Waals surface area (Å²) in [5, 5.41) is 0. The molecule has 0 saturated carbocycles. The number of hydrogen-bond acceptors (Lipinski definition) is 4. The fourth-order valence-corrected chi connectivity index (χ4v) is 2.45. The Bertz CT molecular complexity index is 462. The molecule has 0 amide bonds. The zero-order chi connectivity index (χ0) is 16.9. The maximum absolute atomic E-state index is 11.6. The van der Waals surface area contributed by atoms with Gasteiger partial charge in [0.2, 0.25) is 0 Å². The minimum atomic E-state index is -0.200. The van der Waals surface area contributed by atoms with Crippen molar-refractivity contribution in [3.05, 3.63) is 23.7 Å². The molecule has 0 aromatic carbocycles. The number of rotatable bonds is 13. The van der Waals surface area contributed by atoms with E-state index in [9.17, 15) is 9.59 Å². The van der Waals surface area contributed by atoms with Crippen LogP contribution in [0, 0.1) is 0 Å². The Labute approximate surface area is 139 Å². The van der Waals surface area contributed by atoms with Gasteiger partial charge in [-0.05, 0) is 18.6 Å². The van der Waals surface area contributed by atoms with Crippen LogP contribution < -0.4 is 0 Å². The number of Topliss-reactive ketones (excluding diaryl/α,β-unsaturated/α-hetero) is 1. The second-order valence-corrected chi connectivity index (χ2v) is 6.06. The number of esters is 1. The van der Waals surface area contributed by atoms with Crippen molar-refractivity contribution >= 4 is 11.8 Å². The molecule has 23 heavy (non-hydrogen) atoms. The third kappa shape index (κ3) is 9.22. The van der Waals surface area contributed by atoms with Gasteiger partial charge in [-0.3, -0.25) is 9.59 Å². The minimum Gasteiger partial charge on any atom is -0.457 e. The molecule has 0 bridgehead atoms. The second-order valence-electron chi connectivity index (χ2n) is 6.06. The molecule has 0 N–H and O–H groups in total. The predicted molar refractivity (Wildman–Crippen MR) is 90.4 cm³/mol. The number of carbonyl (C=O) groups excluding carboxylic acids is 2. The van der Waals surface area contributed by atoms with Gasteiger partial charge in [0.1, 0.15) is 12.4 Å². The molecular formula is C19H30O4. The van der Waals surface area contributed by atoms with Gasteiger partial charge in [0.05, 0.1) is 0 Å². The highest BCUT2D eigenvalue weighted by molar-refractivity contribution is 5.91. The van der Waals surface area contributed by atoms with Crippen LogP contribution >= 0.6 is 0 Å². The first-order valence-electron chi connectivity index (χ1n) is 8.88. The Hall–Kier alpha value is -1.58. The number of hydrogen-bond donors (Lipinski definition) is 0. The monoisotopic (exact) mass is 322 g/mol. The molecule has 0 spiro atoms. The van der Waals surface area contributed by atoms with Crippen LogP contribution in [0.5, 0.6) is 0 Å². The van der Waals surface area contributed by atoms with Crippen molar-refractivity contribution in [2.75, 3.05) is 0 Å². The van der Waals surface area contributed by atoms with E-state index in [2.05, 4.69) is 6.92 Å². The van der Waals surface area contributed by atoms with Crippen LogP contribution in [0.15, 0.2) is 16.5 Å². The summed E-state index contributed by atoms with van der Waals surface area (Å²) in [5.41, 5.74) is 0. The van der Waals surface area contributed by atoms with Crippen LogP contribution in [-0.2, 0) is 16.1 Å². The van der Waals surface area contributed by atoms with Crippen LogP contribution in [-0.4, -0.2) is 11.8 Å². The quantitative estimate of drug-likeness (QED) is 0.275. The molecule has 0 aliphatic carbocycles. The van der Waals surface area contributed by atoms with Gasteiger partial charge in [-0.2, -0.15) is 0 Å². The highest BCUT2D eigenvalue weighted by Crippen LogP contribution is 2.12. The Kier molecular flexibility index (Phi) is 10.1. The lowest BCUT2D eigenvalue weighted by atomic mass is 10.1. The molecule has 1 aromatic heterocycles. The summed E-state index contributed by atoms with van der Waals surface area (Å²) in [7, 11) is 0. The molecule has 4 nitrogen and oxygen atoms in total. The lowest BCUT2D eigenvalue weighted by Crippen LogP contribution is -2.03. The molecule has 1 heterocycles. The van der Waals surface area contributed by atoms with E-state index in [0.717, 1.165) is 12.8 Å². The molecule has 0 aliphatic rings. The Morgan fingerprint density at radius 3 is 2.13 bits per heavy atom. The van der Waals surface area contributed by atoms with Crippen molar-refractivity contribution in [2.24, 2.45) is 0 Å². The summed E-state index contributed by atoms with van der Waals surface area (Å²) < 4.78 is 10.4. The SMILES string of the molecule is CCCCCCCCCCCC(=O)OCc1ccc(C(C)=O)o1. The van der Waals surface area contributed by atoms with E-state index in [0.29, 0.717) is 17.9 Å². The van der Waals surface area contributed by atoms with E-state index >= 15 is 0 Å². The minimum absolute atomic E-state index is 0.101. The van der Waals surface area contributed by atoms with E-state index in [-0.39, 0.29) is 18.4 Å². The van der Waals surface area contributed by atoms with Gasteiger partial charge in [0, 0.05) is 13.3 Å². The molecule has 1 aromatic rings. The molecule has 0 saturated heterocycles. The van der Waals surface area contributed by atoms with Crippen LogP contribution in [0.2, 0.25) is 0 Å². The highest BCUT2D eigenvalue weighted by Gasteiger charge is 2.08. The van der Waals surface area contributed by atoms with Crippen molar-refractivity contribution in [1.82, 2.24) is 0 Å². The maximum atomic E-state index is 11.6. The van der Waals surface area contributed by atoms with Crippen LogP contribution in [0.1, 0.15) is 94.4 Å². The van der Waals surface area contributed by atoms with Gasteiger partial charge in [0.15, 0.2) is 11.5 Å². The first-order chi connectivity index (χ1) is 11.1. The first kappa shape index (κ1) is 19.5. The van der Waals surface area contributed by atoms with Crippen molar-refractivity contribution in [3.8, 4) is 0 Å². The lowest BCUT2D eigenvalue weighted by Gasteiger charge is -2.03. The van der Waals surface area contributed by atoms with Crippen molar-refractivity contribution < 1.29 is 18.7 Å². The van der Waals surface area contributed by atoms with E-state index in [1.54, 1.807) is 12.1 Å². The fourth-order valence-electron chi connectivity index (χ4n) is 2.45. The molecule has 0 radical (unpaired) electrons. The van der Waals surface area contributed by atoms with Crippen LogP contribution in [0.4, 0.5) is 0 Å². The summed E-state index contributed by atoms with van der Waals surface area (Å²) in [6.07, 6.45) is 11.5. The maximum Gasteiger partial charge on any atom is 0.306 e. The summed E-state index contributed by atoms with van der Waals surface area (Å²) >= 11 is 0. The smallest absolute Gasteiger partial charge is 0.306 e. The molecule has 130 valence electrons. The molecule has 0 aliphatic heterocycles. The first-order valence-corrected chi connectivity index (χ1v) is 8.88. The predicted octanol–water partition coefficient (Wildman–Crippen LogP) is 5.45. The third-order valence-corrected chi connectivity index (χ3v) is 3.87. The Balaban J connectivity index is 1.98. The zero-order valence-electron chi connectivity index (χ0n) is 14.6. The fraction of sp³-hybridized carbons (Fsp3) is 0.684. The normalized spacial score (nSPS) is 10.7. The number of furan rings is 1. The Morgan fingerprint density at radius 1 is 0.957 bits per heavy atom. The zero-order valence-corrected chi connectivity index (χ0v) is 14.6. The van der Waals surface area contributed by atoms with Crippen LogP contribution in [0.3, 0.4) is 0 Å². The third-order valence-electron chi connectivity index (χ3n) is 3.87. The summed E-state index contributed by atoms with van der Waals surface area (Å²) in [6, 6.07) is 3.27. The van der Waals surface area contributed by atoms with Gasteiger partial charge >= 0.3 is 5.97 Å². The number of unbranched alkanes of at least 4 members (excludes halogenated alkanes) is 8. The molecule has 0 unspecified atom stereocenters. The highest BCUT2D eigenvalue weighted by atomic mass is 16.5. The number of ketones is 1. The largest absolute Gasteiger partial charge is 0.457 e. The van der Waals surface area contributed by atoms with E-state index < -0.39 is 0 Å². The van der Waals surface area contributed by atoms with E-state index in [4.69, 9.17) is 9.15 Å². The van der Waals surface area contributed by atoms with Gasteiger partial charge in [-0.25, -0.2) is 0 Å². The standard InChI is InChI=1S/C19H30O4/c1-3-4-5-6-7-8-9-10-11-12-19(21)22-15-17-13-14-18(23-17)16(2)20/h13-14H,3-12,15H2,1-2H3. The van der Waals surface area contributed by atoms with Crippen molar-refractivity contribution in [1.29, 1.82) is 0 Å².